The summed E-state index contributed by atoms with van der Waals surface area (Å²) in [7, 11) is 1.94. The van der Waals surface area contributed by atoms with Crippen LogP contribution in [0.25, 0.3) is 11.1 Å². The van der Waals surface area contributed by atoms with Crippen LogP contribution in [0.4, 0.5) is 13.2 Å². The Bertz CT molecular complexity index is 923. The molecule has 1 aromatic heterocycles. The third kappa shape index (κ3) is 4.30. The van der Waals surface area contributed by atoms with E-state index in [1.807, 2.05) is 24.1 Å². The van der Waals surface area contributed by atoms with Crippen LogP contribution in [0, 0.1) is 11.3 Å². The van der Waals surface area contributed by atoms with Gasteiger partial charge in [-0.1, -0.05) is 30.3 Å². The van der Waals surface area contributed by atoms with E-state index in [-0.39, 0.29) is 5.56 Å². The predicted molar refractivity (Wildman–Crippen MR) is 103 cm³/mol. The first kappa shape index (κ1) is 21.7. The van der Waals surface area contributed by atoms with Crippen LogP contribution in [0.2, 0.25) is 0 Å². The number of hydrogen-bond acceptors (Lipinski definition) is 5. The molecule has 2 unspecified atom stereocenters. The summed E-state index contributed by atoms with van der Waals surface area (Å²) in [4.78, 5) is 17.6. The Balaban J connectivity index is 1.72. The number of alkyl halides is 3. The van der Waals surface area contributed by atoms with Crippen LogP contribution in [0.15, 0.2) is 42.6 Å². The second-order valence-corrected chi connectivity index (χ2v) is 7.44. The summed E-state index contributed by atoms with van der Waals surface area (Å²) in [5.41, 5.74) is 1.95. The van der Waals surface area contributed by atoms with Gasteiger partial charge in [-0.05, 0) is 24.2 Å². The van der Waals surface area contributed by atoms with Crippen LogP contribution in [-0.2, 0) is 10.2 Å². The van der Waals surface area contributed by atoms with Crippen LogP contribution in [-0.4, -0.2) is 60.2 Å². The SMILES string of the molecule is CN1CC(C#N)(c2ccc(-c3ccc(C(O)C(CF)NC(=O)C(F)F)cc3)cn2)C1. The average Bonchev–Trinajstić information content (AvgIpc) is 2.74. The van der Waals surface area contributed by atoms with Crippen molar-refractivity contribution in [2.24, 2.45) is 0 Å². The first-order valence-electron chi connectivity index (χ1n) is 9.29. The summed E-state index contributed by atoms with van der Waals surface area (Å²) in [6.45, 7) is 0.0587. The average molecular weight is 418 g/mol. The van der Waals surface area contributed by atoms with Crippen LogP contribution in [0.5, 0.6) is 0 Å². The monoisotopic (exact) mass is 418 g/mol. The molecule has 158 valence electrons. The van der Waals surface area contributed by atoms with Gasteiger partial charge in [-0.2, -0.15) is 14.0 Å². The summed E-state index contributed by atoms with van der Waals surface area (Å²) >= 11 is 0. The second kappa shape index (κ2) is 8.81. The number of hydrogen-bond donors (Lipinski definition) is 2. The number of nitrogens with zero attached hydrogens (tertiary/aromatic N) is 3. The number of pyridine rings is 1. The van der Waals surface area contributed by atoms with Gasteiger partial charge in [0, 0.05) is 24.8 Å². The number of aliphatic hydroxyl groups is 1. The van der Waals surface area contributed by atoms with Gasteiger partial charge in [-0.15, -0.1) is 0 Å². The predicted octanol–water partition coefficient (Wildman–Crippen LogP) is 2.21. The Labute approximate surface area is 172 Å². The molecule has 1 fully saturated rings. The van der Waals surface area contributed by atoms with Gasteiger partial charge in [0.2, 0.25) is 0 Å². The highest BCUT2D eigenvalue weighted by atomic mass is 19.3. The Morgan fingerprint density at radius 2 is 1.90 bits per heavy atom. The van der Waals surface area contributed by atoms with E-state index < -0.39 is 36.6 Å². The fourth-order valence-corrected chi connectivity index (χ4v) is 3.57. The number of aromatic nitrogens is 1. The highest BCUT2D eigenvalue weighted by molar-refractivity contribution is 5.79. The zero-order valence-electron chi connectivity index (χ0n) is 16.2. The van der Waals surface area contributed by atoms with Gasteiger partial charge in [-0.3, -0.25) is 9.78 Å². The number of aliphatic hydroxyl groups excluding tert-OH is 1. The lowest BCUT2D eigenvalue weighted by atomic mass is 9.78. The highest BCUT2D eigenvalue weighted by Crippen LogP contribution is 2.32. The van der Waals surface area contributed by atoms with Crippen molar-refractivity contribution >= 4 is 5.91 Å². The lowest BCUT2D eigenvalue weighted by molar-refractivity contribution is -0.133. The van der Waals surface area contributed by atoms with E-state index in [0.717, 1.165) is 11.1 Å². The summed E-state index contributed by atoms with van der Waals surface area (Å²) in [6, 6.07) is 10.9. The summed E-state index contributed by atoms with van der Waals surface area (Å²) in [5.74, 6) is -1.63. The molecule has 2 N–H and O–H groups in total. The maximum atomic E-state index is 13.1. The van der Waals surface area contributed by atoms with Crippen LogP contribution in [0.3, 0.4) is 0 Å². The zero-order chi connectivity index (χ0) is 21.9. The largest absolute Gasteiger partial charge is 0.386 e. The Hall–Kier alpha value is -2.96. The maximum Gasteiger partial charge on any atom is 0.315 e. The van der Waals surface area contributed by atoms with Crippen LogP contribution in [0.1, 0.15) is 17.4 Å². The van der Waals surface area contributed by atoms with Crippen molar-refractivity contribution in [3.63, 3.8) is 0 Å². The van der Waals surface area contributed by atoms with Gasteiger partial charge in [0.05, 0.1) is 17.8 Å². The highest BCUT2D eigenvalue weighted by Gasteiger charge is 2.44. The van der Waals surface area contributed by atoms with Crippen LogP contribution < -0.4 is 5.32 Å². The molecule has 3 rings (SSSR count). The van der Waals surface area contributed by atoms with E-state index in [9.17, 15) is 28.3 Å². The number of likely N-dealkylation sites (tertiary alicyclic amines) is 1. The Morgan fingerprint density at radius 3 is 2.37 bits per heavy atom. The number of likely N-dealkylation sites (N-methyl/N-ethyl adjacent to an activating group) is 1. The van der Waals surface area contributed by atoms with Gasteiger partial charge in [-0.25, -0.2) is 4.39 Å². The molecule has 1 aromatic carbocycles. The van der Waals surface area contributed by atoms with Gasteiger partial charge in [0.25, 0.3) is 5.91 Å². The van der Waals surface area contributed by atoms with E-state index in [0.29, 0.717) is 18.8 Å². The summed E-state index contributed by atoms with van der Waals surface area (Å²) < 4.78 is 37.8. The van der Waals surface area contributed by atoms with Gasteiger partial charge in [0.15, 0.2) is 0 Å². The molecule has 1 aliphatic rings. The van der Waals surface area contributed by atoms with E-state index in [1.165, 1.54) is 12.1 Å². The second-order valence-electron chi connectivity index (χ2n) is 7.44. The number of nitrogens with one attached hydrogen (secondary N) is 1. The normalized spacial score (nSPS) is 17.6. The molecule has 9 heteroatoms. The fraction of sp³-hybridized carbons (Fsp3) is 0.381. The Morgan fingerprint density at radius 1 is 1.27 bits per heavy atom. The van der Waals surface area contributed by atoms with Gasteiger partial charge >= 0.3 is 6.43 Å². The van der Waals surface area contributed by atoms with E-state index in [1.54, 1.807) is 23.6 Å². The lowest BCUT2D eigenvalue weighted by Gasteiger charge is -2.42. The molecule has 6 nitrogen and oxygen atoms in total. The Kier molecular flexibility index (Phi) is 6.39. The fourth-order valence-electron chi connectivity index (χ4n) is 3.57. The third-order valence-electron chi connectivity index (χ3n) is 5.21. The van der Waals surface area contributed by atoms with Crippen molar-refractivity contribution in [3.8, 4) is 17.2 Å². The van der Waals surface area contributed by atoms with E-state index >= 15 is 0 Å². The molecule has 1 amide bonds. The van der Waals surface area contributed by atoms with Gasteiger partial charge < -0.3 is 15.3 Å². The number of carbonyl (C=O) groups excluding carboxylic acids is 1. The lowest BCUT2D eigenvalue weighted by Crippen LogP contribution is -2.56. The molecule has 0 radical (unpaired) electrons. The standard InChI is InChI=1S/C21H21F3N4O2/c1-28-11-21(10-25,12-28)17-7-6-15(9-26-17)13-2-4-14(5-3-13)18(29)16(8-22)27-20(30)19(23)24/h2-7,9,16,18-19,29H,8,11-12H2,1H3,(H,27,30). The van der Waals surface area contributed by atoms with Crippen molar-refractivity contribution in [1.29, 1.82) is 5.26 Å². The molecule has 1 saturated heterocycles. The molecule has 30 heavy (non-hydrogen) atoms. The van der Waals surface area contributed by atoms with E-state index in [4.69, 9.17) is 0 Å². The summed E-state index contributed by atoms with van der Waals surface area (Å²) in [5, 5.41) is 21.5. The topological polar surface area (TPSA) is 89.3 Å². The number of benzene rings is 1. The minimum absolute atomic E-state index is 0.279. The first-order valence-corrected chi connectivity index (χ1v) is 9.29. The molecule has 2 aromatic rings. The van der Waals surface area contributed by atoms with Gasteiger partial charge in [0.1, 0.15) is 18.2 Å². The maximum absolute atomic E-state index is 13.1. The quantitative estimate of drug-likeness (QED) is 0.720. The zero-order valence-corrected chi connectivity index (χ0v) is 16.2. The number of nitriles is 1. The molecule has 0 bridgehead atoms. The molecule has 0 aliphatic carbocycles. The van der Waals surface area contributed by atoms with Crippen molar-refractivity contribution in [1.82, 2.24) is 15.2 Å². The smallest absolute Gasteiger partial charge is 0.315 e. The third-order valence-corrected chi connectivity index (χ3v) is 5.21. The number of carbonyl (C=O) groups is 1. The number of rotatable bonds is 7. The van der Waals surface area contributed by atoms with E-state index in [2.05, 4.69) is 11.1 Å². The van der Waals surface area contributed by atoms with Crippen molar-refractivity contribution in [3.05, 3.63) is 53.9 Å². The number of halogens is 3. The minimum Gasteiger partial charge on any atom is -0.386 e. The van der Waals surface area contributed by atoms with Crippen molar-refractivity contribution < 1.29 is 23.1 Å². The van der Waals surface area contributed by atoms with Crippen LogP contribution >= 0.6 is 0 Å². The molecule has 1 aliphatic heterocycles. The van der Waals surface area contributed by atoms with Crippen molar-refractivity contribution in [2.45, 2.75) is 24.0 Å². The molecule has 0 saturated carbocycles. The molecule has 2 atom stereocenters. The number of amides is 1. The van der Waals surface area contributed by atoms with Crippen molar-refractivity contribution in [2.75, 3.05) is 26.8 Å². The molecular weight excluding hydrogens is 397 g/mol. The minimum atomic E-state index is -3.29. The summed E-state index contributed by atoms with van der Waals surface area (Å²) in [6.07, 6.45) is -3.10. The first-order chi connectivity index (χ1) is 14.3. The molecule has 0 spiro atoms. The molecular formula is C21H21F3N4O2. The molecule has 2 heterocycles.